The van der Waals surface area contributed by atoms with Crippen molar-refractivity contribution in [2.75, 3.05) is 4.90 Å². The summed E-state index contributed by atoms with van der Waals surface area (Å²) in [6.45, 7) is 4.73. The Bertz CT molecular complexity index is 3800. The lowest BCUT2D eigenvalue weighted by atomic mass is 9.82. The lowest BCUT2D eigenvalue weighted by Crippen LogP contribution is -2.16. The van der Waals surface area contributed by atoms with E-state index in [0.29, 0.717) is 0 Å². The number of furan rings is 1. The van der Waals surface area contributed by atoms with Gasteiger partial charge >= 0.3 is 0 Å². The highest BCUT2D eigenvalue weighted by Gasteiger charge is 2.36. The largest absolute Gasteiger partial charge is 0.456 e. The molecule has 0 fully saturated rings. The maximum absolute atomic E-state index is 6.96. The van der Waals surface area contributed by atoms with E-state index in [-0.39, 0.29) is 5.41 Å². The van der Waals surface area contributed by atoms with Crippen LogP contribution in [0.5, 0.6) is 0 Å². The van der Waals surface area contributed by atoms with Crippen molar-refractivity contribution >= 4 is 71.6 Å². The van der Waals surface area contributed by atoms with E-state index >= 15 is 0 Å². The standard InChI is InChI=1S/C61H42N2O/c1-61(2)52-23-13-11-21-48(52)49-34-32-47(37-53(49)61)62(45-29-25-42(26-30-45)39-15-5-3-6-16-39)60-58-50-33-28-44(40-17-7-4-8-18-40)36-54(50)63(46-31-27-41-19-9-10-20-43(41)35-46)55(58)38-57-59(60)51-22-12-14-24-56(51)64-57/h3-38H,1-2H3. The lowest BCUT2D eigenvalue weighted by molar-refractivity contribution is 0.660. The number of hydrogen-bond donors (Lipinski definition) is 0. The monoisotopic (exact) mass is 818 g/mol. The van der Waals surface area contributed by atoms with Gasteiger partial charge in [-0.15, -0.1) is 0 Å². The predicted octanol–water partition coefficient (Wildman–Crippen LogP) is 16.9. The van der Waals surface area contributed by atoms with Crippen LogP contribution in [0.4, 0.5) is 17.1 Å². The van der Waals surface area contributed by atoms with E-state index in [0.717, 1.165) is 61.1 Å². The molecule has 0 radical (unpaired) electrons. The summed E-state index contributed by atoms with van der Waals surface area (Å²) < 4.78 is 9.42. The van der Waals surface area contributed by atoms with Crippen molar-refractivity contribution in [1.82, 2.24) is 4.57 Å². The number of aromatic nitrogens is 1. The zero-order chi connectivity index (χ0) is 42.5. The Kier molecular flexibility index (Phi) is 7.95. The molecular weight excluding hydrogens is 777 g/mol. The van der Waals surface area contributed by atoms with E-state index in [1.54, 1.807) is 0 Å². The first-order chi connectivity index (χ1) is 31.5. The van der Waals surface area contributed by atoms with Crippen LogP contribution < -0.4 is 4.90 Å². The number of hydrogen-bond acceptors (Lipinski definition) is 2. The molecule has 3 heteroatoms. The van der Waals surface area contributed by atoms with Gasteiger partial charge in [0.05, 0.1) is 22.1 Å². The summed E-state index contributed by atoms with van der Waals surface area (Å²) in [5, 5.41) is 6.91. The van der Waals surface area contributed by atoms with Crippen LogP contribution in [0.25, 0.3) is 93.6 Å². The second kappa shape index (κ2) is 13.9. The predicted molar refractivity (Wildman–Crippen MR) is 269 cm³/mol. The van der Waals surface area contributed by atoms with Gasteiger partial charge in [0.25, 0.3) is 0 Å². The van der Waals surface area contributed by atoms with Crippen LogP contribution >= 0.6 is 0 Å². The Morgan fingerprint density at radius 3 is 1.86 bits per heavy atom. The van der Waals surface area contributed by atoms with Crippen LogP contribution in [0.1, 0.15) is 25.0 Å². The second-order valence-corrected chi connectivity index (χ2v) is 17.7. The van der Waals surface area contributed by atoms with Gasteiger partial charge in [-0.1, -0.05) is 178 Å². The molecule has 1 aliphatic carbocycles. The first kappa shape index (κ1) is 36.5. The summed E-state index contributed by atoms with van der Waals surface area (Å²) in [5.74, 6) is 0. The second-order valence-electron chi connectivity index (χ2n) is 17.7. The van der Waals surface area contributed by atoms with Crippen molar-refractivity contribution in [3.05, 3.63) is 230 Å². The molecule has 1 aliphatic rings. The normalized spacial score (nSPS) is 13.0. The molecule has 10 aromatic carbocycles. The molecule has 0 saturated carbocycles. The minimum Gasteiger partial charge on any atom is -0.456 e. The van der Waals surface area contributed by atoms with E-state index < -0.39 is 0 Å². The molecule has 0 spiro atoms. The third-order valence-electron chi connectivity index (χ3n) is 13.7. The fraction of sp³-hybridized carbons (Fsp3) is 0.0492. The topological polar surface area (TPSA) is 21.3 Å². The Morgan fingerprint density at radius 2 is 1.05 bits per heavy atom. The minimum absolute atomic E-state index is 0.186. The summed E-state index contributed by atoms with van der Waals surface area (Å²) in [5.41, 5.74) is 18.1. The molecule has 3 nitrogen and oxygen atoms in total. The summed E-state index contributed by atoms with van der Waals surface area (Å²) in [6.07, 6.45) is 0. The fourth-order valence-corrected chi connectivity index (χ4v) is 10.7. The molecule has 13 rings (SSSR count). The molecule has 302 valence electrons. The van der Waals surface area contributed by atoms with E-state index in [1.807, 2.05) is 0 Å². The molecular formula is C61H42N2O. The van der Waals surface area contributed by atoms with Gasteiger partial charge in [-0.2, -0.15) is 0 Å². The third-order valence-corrected chi connectivity index (χ3v) is 13.7. The van der Waals surface area contributed by atoms with Gasteiger partial charge in [0.15, 0.2) is 0 Å². The number of nitrogens with zero attached hydrogens (tertiary/aromatic N) is 2. The van der Waals surface area contributed by atoms with Gasteiger partial charge in [0, 0.05) is 44.7 Å². The fourth-order valence-electron chi connectivity index (χ4n) is 10.7. The number of rotatable bonds is 6. The number of anilines is 3. The Hall–Kier alpha value is -8.14. The lowest BCUT2D eigenvalue weighted by Gasteiger charge is -2.29. The van der Waals surface area contributed by atoms with Crippen LogP contribution in [-0.4, -0.2) is 4.57 Å². The van der Waals surface area contributed by atoms with Crippen LogP contribution in [0.3, 0.4) is 0 Å². The number of fused-ring (bicyclic) bond motifs is 10. The average molecular weight is 819 g/mol. The van der Waals surface area contributed by atoms with Gasteiger partial charge < -0.3 is 13.9 Å². The molecule has 64 heavy (non-hydrogen) atoms. The third kappa shape index (κ3) is 5.47. The number of benzene rings is 10. The molecule has 2 heterocycles. The van der Waals surface area contributed by atoms with Gasteiger partial charge in [0.2, 0.25) is 0 Å². The van der Waals surface area contributed by atoms with Crippen LogP contribution in [0.2, 0.25) is 0 Å². The summed E-state index contributed by atoms with van der Waals surface area (Å²) in [6, 6.07) is 79.7. The quantitative estimate of drug-likeness (QED) is 0.167. The Labute approximate surface area is 371 Å². The smallest absolute Gasteiger partial charge is 0.139 e. The molecule has 0 bridgehead atoms. The van der Waals surface area contributed by atoms with E-state index in [9.17, 15) is 0 Å². The molecule has 0 saturated heterocycles. The van der Waals surface area contributed by atoms with Crippen molar-refractivity contribution in [2.45, 2.75) is 19.3 Å². The first-order valence-electron chi connectivity index (χ1n) is 22.2. The van der Waals surface area contributed by atoms with Gasteiger partial charge in [-0.25, -0.2) is 0 Å². The zero-order valence-corrected chi connectivity index (χ0v) is 35.6. The molecule has 0 atom stereocenters. The first-order valence-corrected chi connectivity index (χ1v) is 22.2. The van der Waals surface area contributed by atoms with Crippen molar-refractivity contribution in [1.29, 1.82) is 0 Å². The van der Waals surface area contributed by atoms with E-state index in [2.05, 4.69) is 242 Å². The van der Waals surface area contributed by atoms with Crippen molar-refractivity contribution in [2.24, 2.45) is 0 Å². The highest BCUT2D eigenvalue weighted by molar-refractivity contribution is 6.28. The maximum Gasteiger partial charge on any atom is 0.139 e. The summed E-state index contributed by atoms with van der Waals surface area (Å²) >= 11 is 0. The zero-order valence-electron chi connectivity index (χ0n) is 35.6. The molecule has 12 aromatic rings. The van der Waals surface area contributed by atoms with Crippen molar-refractivity contribution in [3.8, 4) is 39.1 Å². The van der Waals surface area contributed by atoms with Gasteiger partial charge in [-0.05, 0) is 104 Å². The highest BCUT2D eigenvalue weighted by Crippen LogP contribution is 2.54. The van der Waals surface area contributed by atoms with E-state index in [4.69, 9.17) is 4.42 Å². The van der Waals surface area contributed by atoms with Crippen molar-refractivity contribution < 1.29 is 4.42 Å². The van der Waals surface area contributed by atoms with Crippen LogP contribution in [0, 0.1) is 0 Å². The molecule has 2 aromatic heterocycles. The maximum atomic E-state index is 6.96. The molecule has 0 unspecified atom stereocenters. The van der Waals surface area contributed by atoms with Crippen LogP contribution in [0.15, 0.2) is 223 Å². The van der Waals surface area contributed by atoms with Gasteiger partial charge in [0.1, 0.15) is 11.2 Å². The summed E-state index contributed by atoms with van der Waals surface area (Å²) in [4.78, 5) is 2.51. The SMILES string of the molecule is CC1(C)c2ccccc2-c2ccc(N(c3ccc(-c4ccccc4)cc3)c3c4c(cc5c3c3ccc(-c6ccccc6)cc3n5-c3ccc5ccccc5c3)oc3ccccc34)cc21. The average Bonchev–Trinajstić information content (AvgIpc) is 3.96. The Balaban J connectivity index is 1.17. The summed E-state index contributed by atoms with van der Waals surface area (Å²) in [7, 11) is 0. The van der Waals surface area contributed by atoms with E-state index in [1.165, 1.54) is 60.7 Å². The van der Waals surface area contributed by atoms with Crippen molar-refractivity contribution in [3.63, 3.8) is 0 Å². The highest BCUT2D eigenvalue weighted by atomic mass is 16.3. The molecule has 0 N–H and O–H groups in total. The molecule has 0 amide bonds. The molecule has 0 aliphatic heterocycles. The Morgan fingerprint density at radius 1 is 0.406 bits per heavy atom. The minimum atomic E-state index is -0.186. The van der Waals surface area contributed by atoms with Gasteiger partial charge in [-0.3, -0.25) is 0 Å². The van der Waals surface area contributed by atoms with Crippen LogP contribution in [-0.2, 0) is 5.41 Å². The number of para-hydroxylation sites is 1.